The van der Waals surface area contributed by atoms with Gasteiger partial charge in [0, 0.05) is 4.32 Å². The second-order valence-corrected chi connectivity index (χ2v) is 9.10. The smallest absolute Gasteiger partial charge is 0.309 e. The van der Waals surface area contributed by atoms with Gasteiger partial charge in [0.05, 0.1) is 5.41 Å². The molecule has 2 unspecified atom stereocenters. The SMILES string of the molecule is C[C@]12CC3(Br)CC(C(=O)O)(C1)C[C@@](C)(C3)C2. The maximum atomic E-state index is 11.7. The van der Waals surface area contributed by atoms with E-state index in [1.807, 2.05) is 0 Å². The van der Waals surface area contributed by atoms with Gasteiger partial charge in [-0.25, -0.2) is 0 Å². The van der Waals surface area contributed by atoms with Gasteiger partial charge in [0.25, 0.3) is 0 Å². The maximum Gasteiger partial charge on any atom is 0.309 e. The highest BCUT2D eigenvalue weighted by atomic mass is 79.9. The Bertz CT molecular complexity index is 323. The van der Waals surface area contributed by atoms with E-state index in [4.69, 9.17) is 0 Å². The fraction of sp³-hybridized carbons (Fsp3) is 0.923. The normalized spacial score (nSPS) is 58.9. The van der Waals surface area contributed by atoms with E-state index in [2.05, 4.69) is 29.8 Å². The number of carbonyl (C=O) groups is 1. The Labute approximate surface area is 105 Å². The quantitative estimate of drug-likeness (QED) is 0.748. The third-order valence-electron chi connectivity index (χ3n) is 4.98. The van der Waals surface area contributed by atoms with Crippen molar-refractivity contribution in [2.45, 2.75) is 56.7 Å². The van der Waals surface area contributed by atoms with Crippen LogP contribution in [0.1, 0.15) is 52.4 Å². The zero-order valence-corrected chi connectivity index (χ0v) is 11.6. The molecule has 4 bridgehead atoms. The van der Waals surface area contributed by atoms with Gasteiger partial charge in [-0.1, -0.05) is 29.8 Å². The van der Waals surface area contributed by atoms with E-state index in [0.717, 1.165) is 32.1 Å². The van der Waals surface area contributed by atoms with Crippen molar-refractivity contribution in [1.82, 2.24) is 0 Å². The minimum atomic E-state index is -0.562. The van der Waals surface area contributed by atoms with Crippen LogP contribution in [0, 0.1) is 16.2 Å². The summed E-state index contributed by atoms with van der Waals surface area (Å²) in [4.78, 5) is 11.7. The van der Waals surface area contributed by atoms with Crippen LogP contribution in [0.3, 0.4) is 0 Å². The molecule has 4 saturated carbocycles. The van der Waals surface area contributed by atoms with Gasteiger partial charge >= 0.3 is 5.97 Å². The Morgan fingerprint density at radius 2 is 1.50 bits per heavy atom. The van der Waals surface area contributed by atoms with Crippen molar-refractivity contribution in [1.29, 1.82) is 0 Å². The van der Waals surface area contributed by atoms with Crippen LogP contribution in [0.4, 0.5) is 0 Å². The number of alkyl halides is 1. The fourth-order valence-corrected chi connectivity index (χ4v) is 7.67. The number of aliphatic carboxylic acids is 1. The van der Waals surface area contributed by atoms with Crippen molar-refractivity contribution < 1.29 is 9.90 Å². The molecule has 4 fully saturated rings. The Morgan fingerprint density at radius 1 is 1.00 bits per heavy atom. The Balaban J connectivity index is 2.11. The minimum absolute atomic E-state index is 0.101. The predicted molar refractivity (Wildman–Crippen MR) is 65.6 cm³/mol. The second kappa shape index (κ2) is 2.68. The Morgan fingerprint density at radius 3 is 1.88 bits per heavy atom. The molecule has 0 aliphatic heterocycles. The third-order valence-corrected chi connectivity index (χ3v) is 5.82. The highest BCUT2D eigenvalue weighted by Crippen LogP contribution is 2.72. The molecule has 0 heterocycles. The van der Waals surface area contributed by atoms with Gasteiger partial charge in [-0.3, -0.25) is 4.79 Å². The third kappa shape index (κ3) is 1.33. The highest BCUT2D eigenvalue weighted by molar-refractivity contribution is 9.10. The van der Waals surface area contributed by atoms with Gasteiger partial charge in [0.2, 0.25) is 0 Å². The largest absolute Gasteiger partial charge is 0.481 e. The molecule has 4 aliphatic rings. The van der Waals surface area contributed by atoms with Crippen molar-refractivity contribution in [2.75, 3.05) is 0 Å². The van der Waals surface area contributed by atoms with Gasteiger partial charge in [-0.05, 0) is 49.4 Å². The molecule has 0 aromatic rings. The molecule has 0 spiro atoms. The molecule has 4 rings (SSSR count). The predicted octanol–water partition coefficient (Wildman–Crippen LogP) is 3.59. The first kappa shape index (κ1) is 11.1. The number of hydrogen-bond acceptors (Lipinski definition) is 1. The molecule has 0 aromatic heterocycles. The van der Waals surface area contributed by atoms with Gasteiger partial charge < -0.3 is 5.11 Å². The monoisotopic (exact) mass is 286 g/mol. The van der Waals surface area contributed by atoms with Crippen molar-refractivity contribution in [3.63, 3.8) is 0 Å². The molecular formula is C13H19BrO2. The van der Waals surface area contributed by atoms with Gasteiger partial charge in [-0.2, -0.15) is 0 Å². The zero-order chi connectivity index (χ0) is 11.8. The zero-order valence-electron chi connectivity index (χ0n) is 9.98. The number of hydrogen-bond donors (Lipinski definition) is 1. The lowest BCUT2D eigenvalue weighted by atomic mass is 9.40. The van der Waals surface area contributed by atoms with Crippen LogP contribution < -0.4 is 0 Å². The summed E-state index contributed by atoms with van der Waals surface area (Å²) in [6.45, 7) is 4.58. The molecular weight excluding hydrogens is 268 g/mol. The summed E-state index contributed by atoms with van der Waals surface area (Å²) in [5.74, 6) is -0.562. The summed E-state index contributed by atoms with van der Waals surface area (Å²) in [5, 5.41) is 9.60. The van der Waals surface area contributed by atoms with E-state index in [0.29, 0.717) is 0 Å². The molecule has 90 valence electrons. The van der Waals surface area contributed by atoms with Crippen molar-refractivity contribution >= 4 is 21.9 Å². The van der Waals surface area contributed by atoms with Gasteiger partial charge in [0.15, 0.2) is 0 Å². The fourth-order valence-electron chi connectivity index (χ4n) is 5.78. The molecule has 1 N–H and O–H groups in total. The first-order valence-electron chi connectivity index (χ1n) is 6.11. The molecule has 0 saturated heterocycles. The first-order chi connectivity index (χ1) is 7.19. The van der Waals surface area contributed by atoms with Crippen LogP contribution >= 0.6 is 15.9 Å². The Hall–Kier alpha value is -0.0500. The van der Waals surface area contributed by atoms with Crippen LogP contribution in [0.25, 0.3) is 0 Å². The van der Waals surface area contributed by atoms with Crippen LogP contribution in [-0.4, -0.2) is 15.4 Å². The molecule has 3 heteroatoms. The average Bonchev–Trinajstić information content (AvgIpc) is 1.92. The highest BCUT2D eigenvalue weighted by Gasteiger charge is 2.67. The van der Waals surface area contributed by atoms with E-state index in [-0.39, 0.29) is 15.2 Å². The molecule has 4 atom stereocenters. The maximum absolute atomic E-state index is 11.7. The molecule has 4 aliphatic carbocycles. The molecule has 2 nitrogen and oxygen atoms in total. The lowest BCUT2D eigenvalue weighted by molar-refractivity contribution is -0.180. The summed E-state index contributed by atoms with van der Waals surface area (Å²) < 4.78 is 0.101. The first-order valence-corrected chi connectivity index (χ1v) is 6.90. The summed E-state index contributed by atoms with van der Waals surface area (Å²) in [7, 11) is 0. The van der Waals surface area contributed by atoms with Crippen molar-refractivity contribution in [3.05, 3.63) is 0 Å². The van der Waals surface area contributed by atoms with E-state index < -0.39 is 11.4 Å². The number of carboxylic acid groups (broad SMARTS) is 1. The van der Waals surface area contributed by atoms with E-state index in [1.165, 1.54) is 6.42 Å². The average molecular weight is 287 g/mol. The van der Waals surface area contributed by atoms with Crippen molar-refractivity contribution in [2.24, 2.45) is 16.2 Å². The van der Waals surface area contributed by atoms with Gasteiger partial charge in [-0.15, -0.1) is 0 Å². The lowest BCUT2D eigenvalue weighted by Gasteiger charge is -2.66. The summed E-state index contributed by atoms with van der Waals surface area (Å²) >= 11 is 3.87. The minimum Gasteiger partial charge on any atom is -0.481 e. The Kier molecular flexibility index (Phi) is 1.85. The van der Waals surface area contributed by atoms with Crippen LogP contribution in [0.2, 0.25) is 0 Å². The number of rotatable bonds is 1. The molecule has 0 aromatic carbocycles. The summed E-state index contributed by atoms with van der Waals surface area (Å²) in [6, 6.07) is 0. The topological polar surface area (TPSA) is 37.3 Å². The molecule has 0 radical (unpaired) electrons. The standard InChI is InChI=1S/C13H19BrO2/c1-10-3-11(2)5-12(4-10,9(15)16)8-13(14,6-10)7-11/h3-8H2,1-2H3,(H,15,16)/t10-,11+,12?,13?. The van der Waals surface area contributed by atoms with Crippen LogP contribution in [0.15, 0.2) is 0 Å². The summed E-state index contributed by atoms with van der Waals surface area (Å²) in [6.07, 6.45) is 6.13. The van der Waals surface area contributed by atoms with E-state index in [9.17, 15) is 9.90 Å². The molecule has 0 amide bonds. The number of halogens is 1. The van der Waals surface area contributed by atoms with Crippen LogP contribution in [-0.2, 0) is 4.79 Å². The van der Waals surface area contributed by atoms with E-state index in [1.54, 1.807) is 0 Å². The van der Waals surface area contributed by atoms with Crippen LogP contribution in [0.5, 0.6) is 0 Å². The van der Waals surface area contributed by atoms with Gasteiger partial charge in [0.1, 0.15) is 0 Å². The van der Waals surface area contributed by atoms with Crippen molar-refractivity contribution in [3.8, 4) is 0 Å². The van der Waals surface area contributed by atoms with E-state index >= 15 is 0 Å². The number of carboxylic acids is 1. The second-order valence-electron chi connectivity index (χ2n) is 7.42. The lowest BCUT2D eigenvalue weighted by Crippen LogP contribution is -2.62. The summed E-state index contributed by atoms with van der Waals surface area (Å²) in [5.41, 5.74) is 0.0402. The molecule has 16 heavy (non-hydrogen) atoms.